The Morgan fingerprint density at radius 2 is 2.13 bits per heavy atom. The van der Waals surface area contributed by atoms with Gasteiger partial charge in [-0.1, -0.05) is 21.1 Å². The molecule has 0 amide bonds. The maximum atomic E-state index is 8.88. The molecule has 0 spiro atoms. The van der Waals surface area contributed by atoms with Gasteiger partial charge in [-0.25, -0.2) is 4.68 Å². The predicted molar refractivity (Wildman–Crippen MR) is 62.7 cm³/mol. The van der Waals surface area contributed by atoms with Crippen molar-refractivity contribution >= 4 is 31.9 Å². The van der Waals surface area contributed by atoms with Gasteiger partial charge in [-0.2, -0.15) is 0 Å². The summed E-state index contributed by atoms with van der Waals surface area (Å²) in [5.74, 6) is 0. The lowest BCUT2D eigenvalue weighted by molar-refractivity contribution is 0.276. The lowest BCUT2D eigenvalue weighted by Crippen LogP contribution is -1.95. The summed E-state index contributed by atoms with van der Waals surface area (Å²) in [6, 6.07) is 5.75. The molecule has 1 aromatic carbocycles. The molecule has 0 saturated carbocycles. The summed E-state index contributed by atoms with van der Waals surface area (Å²) in [5, 5.41) is 16.6. The van der Waals surface area contributed by atoms with Crippen LogP contribution >= 0.6 is 31.9 Å². The molecule has 0 aliphatic carbocycles. The highest BCUT2D eigenvalue weighted by atomic mass is 79.9. The first-order valence-electron chi connectivity index (χ1n) is 4.18. The van der Waals surface area contributed by atoms with Gasteiger partial charge in [0.05, 0.1) is 18.5 Å². The van der Waals surface area contributed by atoms with Gasteiger partial charge in [0.1, 0.15) is 5.69 Å². The van der Waals surface area contributed by atoms with Crippen LogP contribution in [0.15, 0.2) is 33.3 Å². The minimum atomic E-state index is -0.103. The van der Waals surface area contributed by atoms with Crippen molar-refractivity contribution in [2.45, 2.75) is 6.61 Å². The molecule has 0 aliphatic rings. The number of aromatic nitrogens is 3. The summed E-state index contributed by atoms with van der Waals surface area (Å²) in [4.78, 5) is 0. The molecular weight excluding hydrogens is 326 g/mol. The van der Waals surface area contributed by atoms with Crippen molar-refractivity contribution in [3.63, 3.8) is 0 Å². The van der Waals surface area contributed by atoms with Gasteiger partial charge < -0.3 is 5.11 Å². The van der Waals surface area contributed by atoms with E-state index in [1.54, 1.807) is 10.9 Å². The van der Waals surface area contributed by atoms with E-state index >= 15 is 0 Å². The number of benzene rings is 1. The molecule has 4 nitrogen and oxygen atoms in total. The van der Waals surface area contributed by atoms with Gasteiger partial charge in [0.25, 0.3) is 0 Å². The first-order chi connectivity index (χ1) is 7.20. The number of aliphatic hydroxyl groups is 1. The molecule has 0 aliphatic heterocycles. The molecule has 6 heteroatoms. The van der Waals surface area contributed by atoms with E-state index < -0.39 is 0 Å². The third-order valence-corrected chi connectivity index (χ3v) is 2.99. The second-order valence-corrected chi connectivity index (χ2v) is 4.68. The standard InChI is InChI=1S/C9H7Br2N3O/c10-6-1-2-9(8(11)3-6)14-4-7(5-15)12-13-14/h1-4,15H,5H2. The van der Waals surface area contributed by atoms with Gasteiger partial charge in [-0.3, -0.25) is 0 Å². The topological polar surface area (TPSA) is 50.9 Å². The van der Waals surface area contributed by atoms with Crippen molar-refractivity contribution < 1.29 is 5.11 Å². The highest BCUT2D eigenvalue weighted by Gasteiger charge is 2.05. The molecule has 15 heavy (non-hydrogen) atoms. The number of halogens is 2. The van der Waals surface area contributed by atoms with Gasteiger partial charge in [-0.05, 0) is 34.1 Å². The zero-order valence-electron chi connectivity index (χ0n) is 7.56. The molecule has 1 aromatic heterocycles. The van der Waals surface area contributed by atoms with Crippen LogP contribution in [-0.2, 0) is 6.61 Å². The minimum Gasteiger partial charge on any atom is -0.390 e. The molecular formula is C9H7Br2N3O. The van der Waals surface area contributed by atoms with Crippen molar-refractivity contribution in [1.29, 1.82) is 0 Å². The van der Waals surface area contributed by atoms with Crippen LogP contribution < -0.4 is 0 Å². The molecule has 78 valence electrons. The molecule has 0 radical (unpaired) electrons. The first-order valence-corrected chi connectivity index (χ1v) is 5.77. The third-order valence-electron chi connectivity index (χ3n) is 1.86. The van der Waals surface area contributed by atoms with Crippen molar-refractivity contribution in [2.75, 3.05) is 0 Å². The van der Waals surface area contributed by atoms with Gasteiger partial charge >= 0.3 is 0 Å². The fraction of sp³-hybridized carbons (Fsp3) is 0.111. The minimum absolute atomic E-state index is 0.103. The Balaban J connectivity index is 2.44. The number of hydrogen-bond donors (Lipinski definition) is 1. The van der Waals surface area contributed by atoms with Crippen LogP contribution in [0.3, 0.4) is 0 Å². The Hall–Kier alpha value is -0.720. The third kappa shape index (κ3) is 2.27. The normalized spacial score (nSPS) is 10.6. The molecule has 0 atom stereocenters. The van der Waals surface area contributed by atoms with E-state index in [0.29, 0.717) is 5.69 Å². The van der Waals surface area contributed by atoms with Crippen LogP contribution in [0.2, 0.25) is 0 Å². The van der Waals surface area contributed by atoms with Crippen molar-refractivity contribution in [3.8, 4) is 5.69 Å². The van der Waals surface area contributed by atoms with E-state index in [2.05, 4.69) is 42.2 Å². The lowest BCUT2D eigenvalue weighted by atomic mass is 10.3. The lowest BCUT2D eigenvalue weighted by Gasteiger charge is -2.03. The van der Waals surface area contributed by atoms with Crippen molar-refractivity contribution in [3.05, 3.63) is 39.0 Å². The van der Waals surface area contributed by atoms with Crippen LogP contribution in [0.4, 0.5) is 0 Å². The number of rotatable bonds is 2. The SMILES string of the molecule is OCc1cn(-c2ccc(Br)cc2Br)nn1. The second kappa shape index (κ2) is 4.42. The maximum Gasteiger partial charge on any atom is 0.109 e. The summed E-state index contributed by atoms with van der Waals surface area (Å²) in [7, 11) is 0. The maximum absolute atomic E-state index is 8.88. The Labute approximate surface area is 103 Å². The number of aliphatic hydroxyl groups excluding tert-OH is 1. The monoisotopic (exact) mass is 331 g/mol. The zero-order chi connectivity index (χ0) is 10.8. The molecule has 0 unspecified atom stereocenters. The van der Waals surface area contributed by atoms with E-state index in [0.717, 1.165) is 14.6 Å². The van der Waals surface area contributed by atoms with Crippen LogP contribution in [0, 0.1) is 0 Å². The summed E-state index contributed by atoms with van der Waals surface area (Å²) >= 11 is 6.81. The van der Waals surface area contributed by atoms with E-state index in [-0.39, 0.29) is 6.61 Å². The first kappa shape index (κ1) is 10.8. The molecule has 2 aromatic rings. The Morgan fingerprint density at radius 1 is 1.33 bits per heavy atom. The Morgan fingerprint density at radius 3 is 2.73 bits per heavy atom. The number of hydrogen-bond acceptors (Lipinski definition) is 3. The Kier molecular flexibility index (Phi) is 3.18. The van der Waals surface area contributed by atoms with E-state index in [1.807, 2.05) is 18.2 Å². The van der Waals surface area contributed by atoms with Gasteiger partial charge in [-0.15, -0.1) is 5.10 Å². The summed E-state index contributed by atoms with van der Waals surface area (Å²) < 4.78 is 3.51. The fourth-order valence-electron chi connectivity index (χ4n) is 1.16. The van der Waals surface area contributed by atoms with Crippen LogP contribution in [0.1, 0.15) is 5.69 Å². The summed E-state index contributed by atoms with van der Waals surface area (Å²) in [6.45, 7) is -0.103. The van der Waals surface area contributed by atoms with Crippen LogP contribution in [0.5, 0.6) is 0 Å². The molecule has 0 saturated heterocycles. The van der Waals surface area contributed by atoms with E-state index in [1.165, 1.54) is 0 Å². The van der Waals surface area contributed by atoms with Crippen LogP contribution in [0.25, 0.3) is 5.69 Å². The summed E-state index contributed by atoms with van der Waals surface area (Å²) in [5.41, 5.74) is 1.43. The molecule has 1 N–H and O–H groups in total. The summed E-state index contributed by atoms with van der Waals surface area (Å²) in [6.07, 6.45) is 1.69. The highest BCUT2D eigenvalue weighted by molar-refractivity contribution is 9.11. The van der Waals surface area contributed by atoms with Crippen molar-refractivity contribution in [1.82, 2.24) is 15.0 Å². The quantitative estimate of drug-likeness (QED) is 0.918. The van der Waals surface area contributed by atoms with E-state index in [9.17, 15) is 0 Å². The second-order valence-electron chi connectivity index (χ2n) is 2.91. The predicted octanol–water partition coefficient (Wildman–Crippen LogP) is 2.28. The van der Waals surface area contributed by atoms with Gasteiger partial charge in [0.15, 0.2) is 0 Å². The Bertz CT molecular complexity index is 484. The van der Waals surface area contributed by atoms with Gasteiger partial charge in [0.2, 0.25) is 0 Å². The fourth-order valence-corrected chi connectivity index (χ4v) is 2.38. The van der Waals surface area contributed by atoms with Crippen LogP contribution in [-0.4, -0.2) is 20.1 Å². The van der Waals surface area contributed by atoms with Crippen molar-refractivity contribution in [2.24, 2.45) is 0 Å². The molecule has 2 rings (SSSR count). The largest absolute Gasteiger partial charge is 0.390 e. The average Bonchev–Trinajstić information content (AvgIpc) is 2.66. The van der Waals surface area contributed by atoms with Gasteiger partial charge in [0, 0.05) is 8.95 Å². The highest BCUT2D eigenvalue weighted by Crippen LogP contribution is 2.24. The molecule has 0 fully saturated rings. The number of nitrogens with zero attached hydrogens (tertiary/aromatic N) is 3. The molecule has 1 heterocycles. The van der Waals surface area contributed by atoms with E-state index in [4.69, 9.17) is 5.11 Å². The average molecular weight is 333 g/mol. The zero-order valence-corrected chi connectivity index (χ0v) is 10.7. The smallest absolute Gasteiger partial charge is 0.109 e. The molecule has 0 bridgehead atoms.